The van der Waals surface area contributed by atoms with Crippen LogP contribution < -0.4 is 0 Å². The summed E-state index contributed by atoms with van der Waals surface area (Å²) in [5.41, 5.74) is 14.6. The Bertz CT molecular complexity index is 2990. The van der Waals surface area contributed by atoms with Gasteiger partial charge in [-0.2, -0.15) is 0 Å². The molecule has 0 atom stereocenters. The molecule has 0 saturated carbocycles. The number of hydrogen-bond donors (Lipinski definition) is 0. The van der Waals surface area contributed by atoms with Crippen molar-refractivity contribution in [3.63, 3.8) is 0 Å². The van der Waals surface area contributed by atoms with Crippen LogP contribution in [0, 0.1) is 0 Å². The third-order valence-electron chi connectivity index (χ3n) is 10.6. The van der Waals surface area contributed by atoms with Crippen molar-refractivity contribution in [3.8, 4) is 33.6 Å². The zero-order valence-electron chi connectivity index (χ0n) is 27.8. The number of nitrogens with zero attached hydrogens (tertiary/aromatic N) is 3. The van der Waals surface area contributed by atoms with E-state index in [1.54, 1.807) is 0 Å². The summed E-state index contributed by atoms with van der Waals surface area (Å²) in [6, 6.07) is 53.3. The summed E-state index contributed by atoms with van der Waals surface area (Å²) in [7, 11) is 0. The second-order valence-electron chi connectivity index (χ2n) is 13.5. The zero-order chi connectivity index (χ0) is 33.5. The van der Waals surface area contributed by atoms with Crippen molar-refractivity contribution in [2.24, 2.45) is 0 Å². The Labute approximate surface area is 299 Å². The van der Waals surface area contributed by atoms with E-state index in [0.717, 1.165) is 24.0 Å². The normalized spacial score (nSPS) is 12.9. The Morgan fingerprint density at radius 1 is 0.510 bits per heavy atom. The van der Waals surface area contributed by atoms with Crippen molar-refractivity contribution in [2.45, 2.75) is 12.8 Å². The van der Waals surface area contributed by atoms with Crippen LogP contribution in [-0.4, -0.2) is 14.1 Å². The predicted octanol–water partition coefficient (Wildman–Crippen LogP) is 12.8. The Balaban J connectivity index is 1.05. The fourth-order valence-electron chi connectivity index (χ4n) is 8.35. The summed E-state index contributed by atoms with van der Waals surface area (Å²) in [4.78, 5) is 6.18. The van der Waals surface area contributed by atoms with Gasteiger partial charge in [-0.25, -0.2) is 0 Å². The van der Waals surface area contributed by atoms with Gasteiger partial charge in [0.25, 0.3) is 0 Å². The van der Waals surface area contributed by atoms with Crippen LogP contribution in [-0.2, 0) is 6.42 Å². The molecule has 4 heteroatoms. The molecule has 0 spiro atoms. The fourth-order valence-corrected chi connectivity index (χ4v) is 9.62. The molecule has 0 bridgehead atoms. The maximum absolute atomic E-state index is 4.83. The van der Waals surface area contributed by atoms with Gasteiger partial charge in [-0.05, 0) is 102 Å². The molecule has 1 aliphatic carbocycles. The number of aromatic nitrogens is 3. The third-order valence-corrected chi connectivity index (χ3v) is 11.9. The molecule has 4 heterocycles. The van der Waals surface area contributed by atoms with Crippen LogP contribution in [0.4, 0.5) is 0 Å². The summed E-state index contributed by atoms with van der Waals surface area (Å²) >= 11 is 1.87. The maximum Gasteiger partial charge on any atom is 0.0854 e. The van der Waals surface area contributed by atoms with Gasteiger partial charge in [0.2, 0.25) is 0 Å². The van der Waals surface area contributed by atoms with Gasteiger partial charge in [-0.15, -0.1) is 11.3 Å². The van der Waals surface area contributed by atoms with Crippen LogP contribution in [0.1, 0.15) is 16.9 Å². The predicted molar refractivity (Wildman–Crippen MR) is 217 cm³/mol. The van der Waals surface area contributed by atoms with Crippen LogP contribution in [0.15, 0.2) is 158 Å². The minimum Gasteiger partial charge on any atom is -0.309 e. The summed E-state index contributed by atoms with van der Waals surface area (Å²) in [5, 5.41) is 5.04. The minimum atomic E-state index is 1.07. The average molecular weight is 670 g/mol. The second kappa shape index (κ2) is 11.1. The lowest BCUT2D eigenvalue weighted by atomic mass is 9.98. The number of allylic oxidation sites excluding steroid dienone is 1. The van der Waals surface area contributed by atoms with Gasteiger partial charge in [0.1, 0.15) is 0 Å². The highest BCUT2D eigenvalue weighted by molar-refractivity contribution is 7.20. The van der Waals surface area contributed by atoms with E-state index in [1.165, 1.54) is 86.7 Å². The first-order valence-corrected chi connectivity index (χ1v) is 18.4. The number of hydrogen-bond acceptors (Lipinski definition) is 2. The number of pyridine rings is 1. The molecule has 0 radical (unpaired) electrons. The smallest absolute Gasteiger partial charge is 0.0854 e. The minimum absolute atomic E-state index is 1.07. The monoisotopic (exact) mass is 669 g/mol. The third kappa shape index (κ3) is 4.33. The summed E-state index contributed by atoms with van der Waals surface area (Å²) in [6.07, 6.45) is 8.69. The molecule has 0 N–H and O–H groups in total. The topological polar surface area (TPSA) is 22.8 Å². The lowest BCUT2D eigenvalue weighted by molar-refractivity contribution is 1.00. The van der Waals surface area contributed by atoms with Crippen LogP contribution in [0.3, 0.4) is 0 Å². The first kappa shape index (κ1) is 28.6. The molecule has 3 nitrogen and oxygen atoms in total. The Kier molecular flexibility index (Phi) is 6.25. The van der Waals surface area contributed by atoms with E-state index in [4.69, 9.17) is 4.98 Å². The molecule has 4 aromatic heterocycles. The number of thiophene rings is 1. The number of benzene rings is 6. The lowest BCUT2D eigenvalue weighted by Gasteiger charge is -2.12. The molecule has 0 unspecified atom stereocenters. The first-order chi connectivity index (χ1) is 25.3. The SMILES string of the molecule is C1=Cc2sc3c(-c4cccc(-c5cccc(-n6c7ccccc7c7cc(-n8c9ccccc9c9ccccc98)ccc76)c5)c4)ccnc3c2CC1. The van der Waals surface area contributed by atoms with Gasteiger partial charge in [0, 0.05) is 49.6 Å². The molecule has 11 rings (SSSR count). The molecule has 10 aromatic rings. The molecular weight excluding hydrogens is 639 g/mol. The highest BCUT2D eigenvalue weighted by Crippen LogP contribution is 2.41. The van der Waals surface area contributed by atoms with Crippen LogP contribution in [0.25, 0.3) is 93.5 Å². The van der Waals surface area contributed by atoms with Gasteiger partial charge in [-0.3, -0.25) is 4.98 Å². The van der Waals surface area contributed by atoms with Gasteiger partial charge in [0.05, 0.1) is 32.3 Å². The van der Waals surface area contributed by atoms with Gasteiger partial charge in [-0.1, -0.05) is 91.0 Å². The molecule has 51 heavy (non-hydrogen) atoms. The fraction of sp³-hybridized carbons (Fsp3) is 0.0426. The summed E-state index contributed by atoms with van der Waals surface area (Å²) in [6.45, 7) is 0. The average Bonchev–Trinajstić information content (AvgIpc) is 3.86. The van der Waals surface area contributed by atoms with E-state index in [-0.39, 0.29) is 0 Å². The lowest BCUT2D eigenvalue weighted by Crippen LogP contribution is -1.96. The summed E-state index contributed by atoms with van der Waals surface area (Å²) < 4.78 is 6.11. The Hall–Kier alpha value is -6.23. The Morgan fingerprint density at radius 3 is 1.86 bits per heavy atom. The largest absolute Gasteiger partial charge is 0.309 e. The van der Waals surface area contributed by atoms with Crippen molar-refractivity contribution in [1.29, 1.82) is 0 Å². The summed E-state index contributed by atoms with van der Waals surface area (Å²) in [5.74, 6) is 0. The number of rotatable bonds is 4. The molecule has 240 valence electrons. The maximum atomic E-state index is 4.83. The molecule has 6 aromatic carbocycles. The van der Waals surface area contributed by atoms with Gasteiger partial charge in [0.15, 0.2) is 0 Å². The first-order valence-electron chi connectivity index (χ1n) is 17.6. The van der Waals surface area contributed by atoms with Crippen molar-refractivity contribution in [1.82, 2.24) is 14.1 Å². The molecule has 0 aliphatic heterocycles. The van der Waals surface area contributed by atoms with Crippen LogP contribution in [0.2, 0.25) is 0 Å². The van der Waals surface area contributed by atoms with Gasteiger partial charge < -0.3 is 9.13 Å². The van der Waals surface area contributed by atoms with Crippen molar-refractivity contribution in [2.75, 3.05) is 0 Å². The molecule has 1 aliphatic rings. The number of para-hydroxylation sites is 3. The van der Waals surface area contributed by atoms with E-state index in [9.17, 15) is 0 Å². The highest BCUT2D eigenvalue weighted by atomic mass is 32.1. The van der Waals surface area contributed by atoms with Gasteiger partial charge >= 0.3 is 0 Å². The van der Waals surface area contributed by atoms with Crippen molar-refractivity contribution < 1.29 is 0 Å². The molecule has 0 amide bonds. The Morgan fingerprint density at radius 2 is 1.12 bits per heavy atom. The quantitative estimate of drug-likeness (QED) is 0.183. The highest BCUT2D eigenvalue weighted by Gasteiger charge is 2.19. The zero-order valence-corrected chi connectivity index (χ0v) is 28.6. The molecule has 0 saturated heterocycles. The van der Waals surface area contributed by atoms with E-state index >= 15 is 0 Å². The standard InChI is InChI=1S/C47H31N3S/c1-5-19-41-36(15-1)37-16-2-6-20-42(37)50(41)34-23-24-44-40(29-34)38-17-3-7-21-43(38)49(44)33-14-10-12-31(28-33)30-11-9-13-32(27-30)35-25-26-48-46-39-18-4-8-22-45(39)51-47(35)46/h1-3,5-17,19-29H,4,18H2. The molecule has 0 fully saturated rings. The number of fused-ring (bicyclic) bond motifs is 9. The van der Waals surface area contributed by atoms with Crippen LogP contribution >= 0.6 is 11.3 Å². The number of aryl methyl sites for hydroxylation is 1. The molecular formula is C47H31N3S. The van der Waals surface area contributed by atoms with Crippen molar-refractivity contribution in [3.05, 3.63) is 168 Å². The van der Waals surface area contributed by atoms with E-state index in [0.29, 0.717) is 0 Å². The van der Waals surface area contributed by atoms with E-state index in [1.807, 2.05) is 17.5 Å². The van der Waals surface area contributed by atoms with Crippen LogP contribution in [0.5, 0.6) is 0 Å². The van der Waals surface area contributed by atoms with E-state index in [2.05, 4.69) is 167 Å². The van der Waals surface area contributed by atoms with Crippen molar-refractivity contribution >= 4 is 71.2 Å². The second-order valence-corrected chi connectivity index (χ2v) is 14.5. The van der Waals surface area contributed by atoms with E-state index < -0.39 is 0 Å².